The molecule has 6 nitrogen and oxygen atoms in total. The monoisotopic (exact) mass is 437 g/mol. The number of sulfonamides is 1. The number of amides is 1. The minimum absolute atomic E-state index is 0.0832. The number of fused-ring (bicyclic) bond motifs is 2. The second-order valence-electron chi connectivity index (χ2n) is 8.43. The van der Waals surface area contributed by atoms with Gasteiger partial charge < -0.3 is 9.88 Å². The molecule has 2 heterocycles. The number of hydrogen-bond donors (Lipinski definition) is 1. The molecule has 7 heteroatoms. The molecule has 0 spiro atoms. The van der Waals surface area contributed by atoms with E-state index in [4.69, 9.17) is 0 Å². The van der Waals surface area contributed by atoms with Crippen LogP contribution < -0.4 is 0 Å². The van der Waals surface area contributed by atoms with Crippen LogP contribution in [0.15, 0.2) is 53.6 Å². The van der Waals surface area contributed by atoms with Crippen LogP contribution in [-0.4, -0.2) is 54.7 Å². The number of rotatable bonds is 5. The number of H-pyrrole nitrogens is 1. The first-order valence-corrected chi connectivity index (χ1v) is 12.4. The summed E-state index contributed by atoms with van der Waals surface area (Å²) in [7, 11) is -3.51. The van der Waals surface area contributed by atoms with Crippen molar-refractivity contribution in [3.63, 3.8) is 0 Å². The van der Waals surface area contributed by atoms with E-state index in [2.05, 4.69) is 11.1 Å². The van der Waals surface area contributed by atoms with E-state index in [1.165, 1.54) is 9.87 Å². The lowest BCUT2D eigenvalue weighted by Gasteiger charge is -2.34. The summed E-state index contributed by atoms with van der Waals surface area (Å²) < 4.78 is 27.7. The van der Waals surface area contributed by atoms with Gasteiger partial charge in [-0.3, -0.25) is 4.79 Å². The van der Waals surface area contributed by atoms with Crippen LogP contribution in [0.1, 0.15) is 29.5 Å². The van der Waals surface area contributed by atoms with E-state index in [-0.39, 0.29) is 5.91 Å². The number of piperazine rings is 1. The minimum atomic E-state index is -3.51. The Bertz CT molecular complexity index is 1220. The summed E-state index contributed by atoms with van der Waals surface area (Å²) in [5, 5.41) is 1.15. The van der Waals surface area contributed by atoms with Gasteiger partial charge in [-0.05, 0) is 60.6 Å². The molecule has 31 heavy (non-hydrogen) atoms. The Hall–Kier alpha value is -2.64. The summed E-state index contributed by atoms with van der Waals surface area (Å²) in [6, 6.07) is 13.6. The SMILES string of the molecule is O=C(CCc1c[nH]c2ccccc12)N1CCN(S(=O)(=O)c2ccc3c(c2)CCC3)CC1. The maximum atomic E-state index is 13.1. The first-order chi connectivity index (χ1) is 15.0. The van der Waals surface area contributed by atoms with Gasteiger partial charge in [-0.15, -0.1) is 0 Å². The molecule has 2 aliphatic rings. The van der Waals surface area contributed by atoms with E-state index in [0.29, 0.717) is 43.9 Å². The zero-order valence-electron chi connectivity index (χ0n) is 17.5. The summed E-state index contributed by atoms with van der Waals surface area (Å²) in [5.74, 6) is 0.0832. The summed E-state index contributed by atoms with van der Waals surface area (Å²) in [5.41, 5.74) is 4.65. The van der Waals surface area contributed by atoms with Crippen molar-refractivity contribution in [3.8, 4) is 0 Å². The Kier molecular flexibility index (Phi) is 5.32. The molecule has 5 rings (SSSR count). The van der Waals surface area contributed by atoms with Gasteiger partial charge in [0.05, 0.1) is 4.90 Å². The molecule has 0 saturated carbocycles. The number of aryl methyl sites for hydroxylation is 3. The van der Waals surface area contributed by atoms with Gasteiger partial charge >= 0.3 is 0 Å². The Morgan fingerprint density at radius 1 is 0.968 bits per heavy atom. The molecule has 3 aromatic rings. The van der Waals surface area contributed by atoms with Gasteiger partial charge in [-0.2, -0.15) is 4.31 Å². The van der Waals surface area contributed by atoms with Crippen LogP contribution in [0.2, 0.25) is 0 Å². The standard InChI is InChI=1S/C24H27N3O3S/c28-24(11-9-20-17-25-23-7-2-1-6-22(20)23)26-12-14-27(15-13-26)31(29,30)21-10-8-18-4-3-5-19(18)16-21/h1-2,6-8,10,16-17,25H,3-5,9,11-15H2. The maximum Gasteiger partial charge on any atom is 0.243 e. The van der Waals surface area contributed by atoms with Crippen LogP contribution in [0.25, 0.3) is 10.9 Å². The smallest absolute Gasteiger partial charge is 0.243 e. The number of carbonyl (C=O) groups is 1. The van der Waals surface area contributed by atoms with Crippen molar-refractivity contribution in [3.05, 3.63) is 65.4 Å². The van der Waals surface area contributed by atoms with Crippen LogP contribution in [0.5, 0.6) is 0 Å². The van der Waals surface area contributed by atoms with Gasteiger partial charge in [-0.25, -0.2) is 8.42 Å². The fourth-order valence-electron chi connectivity index (χ4n) is 4.77. The molecule has 2 aromatic carbocycles. The topological polar surface area (TPSA) is 73.5 Å². The average molecular weight is 438 g/mol. The van der Waals surface area contributed by atoms with E-state index in [0.717, 1.165) is 41.3 Å². The molecule has 162 valence electrons. The summed E-state index contributed by atoms with van der Waals surface area (Å²) in [6.45, 7) is 1.57. The largest absolute Gasteiger partial charge is 0.361 e. The third-order valence-electron chi connectivity index (χ3n) is 6.58. The van der Waals surface area contributed by atoms with Crippen LogP contribution in [0, 0.1) is 0 Å². The lowest BCUT2D eigenvalue weighted by atomic mass is 10.1. The van der Waals surface area contributed by atoms with Crippen LogP contribution in [0.4, 0.5) is 0 Å². The molecule has 0 atom stereocenters. The molecule has 1 aliphatic heterocycles. The van der Waals surface area contributed by atoms with Crippen molar-refractivity contribution in [2.45, 2.75) is 37.0 Å². The number of hydrogen-bond acceptors (Lipinski definition) is 3. The number of aromatic amines is 1. The molecule has 1 aliphatic carbocycles. The maximum absolute atomic E-state index is 13.1. The van der Waals surface area contributed by atoms with E-state index in [1.54, 1.807) is 11.0 Å². The summed E-state index contributed by atoms with van der Waals surface area (Å²) in [4.78, 5) is 18.2. The van der Waals surface area contributed by atoms with Gasteiger partial charge in [0.1, 0.15) is 0 Å². The molecule has 1 saturated heterocycles. The predicted molar refractivity (Wildman–Crippen MR) is 120 cm³/mol. The van der Waals surface area contributed by atoms with Gasteiger partial charge in [0.25, 0.3) is 0 Å². The third kappa shape index (κ3) is 3.88. The highest BCUT2D eigenvalue weighted by molar-refractivity contribution is 7.89. The number of carbonyl (C=O) groups excluding carboxylic acids is 1. The van der Waals surface area contributed by atoms with Crippen LogP contribution in [-0.2, 0) is 34.1 Å². The minimum Gasteiger partial charge on any atom is -0.361 e. The highest BCUT2D eigenvalue weighted by atomic mass is 32.2. The molecular weight excluding hydrogens is 410 g/mol. The summed E-state index contributed by atoms with van der Waals surface area (Å²) >= 11 is 0. The van der Waals surface area contributed by atoms with Crippen LogP contribution >= 0.6 is 0 Å². The molecular formula is C24H27N3O3S. The highest BCUT2D eigenvalue weighted by Crippen LogP contribution is 2.27. The second kappa shape index (κ2) is 8.13. The van der Waals surface area contributed by atoms with Gasteiger partial charge in [0, 0.05) is 49.7 Å². The fourth-order valence-corrected chi connectivity index (χ4v) is 6.25. The van der Waals surface area contributed by atoms with Crippen molar-refractivity contribution in [2.24, 2.45) is 0 Å². The molecule has 0 bridgehead atoms. The van der Waals surface area contributed by atoms with Gasteiger partial charge in [0.15, 0.2) is 0 Å². The van der Waals surface area contributed by atoms with Crippen molar-refractivity contribution < 1.29 is 13.2 Å². The summed E-state index contributed by atoms with van der Waals surface area (Å²) in [6.07, 6.45) is 6.17. The lowest BCUT2D eigenvalue weighted by Crippen LogP contribution is -2.50. The van der Waals surface area contributed by atoms with E-state index >= 15 is 0 Å². The van der Waals surface area contributed by atoms with Crippen molar-refractivity contribution in [1.29, 1.82) is 0 Å². The van der Waals surface area contributed by atoms with Crippen molar-refractivity contribution in [1.82, 2.24) is 14.2 Å². The number of aromatic nitrogens is 1. The van der Waals surface area contributed by atoms with E-state index in [1.807, 2.05) is 36.5 Å². The Balaban J connectivity index is 1.19. The number of para-hydroxylation sites is 1. The Morgan fingerprint density at radius 2 is 1.74 bits per heavy atom. The number of benzene rings is 2. The van der Waals surface area contributed by atoms with Gasteiger partial charge in [0.2, 0.25) is 15.9 Å². The Morgan fingerprint density at radius 3 is 2.58 bits per heavy atom. The first kappa shape index (κ1) is 20.3. The molecule has 1 aromatic heterocycles. The van der Waals surface area contributed by atoms with Crippen molar-refractivity contribution >= 4 is 26.8 Å². The molecule has 1 N–H and O–H groups in total. The average Bonchev–Trinajstić information content (AvgIpc) is 3.44. The molecule has 1 amide bonds. The molecule has 1 fully saturated rings. The Labute approximate surface area is 182 Å². The number of nitrogens with one attached hydrogen (secondary N) is 1. The fraction of sp³-hybridized carbons (Fsp3) is 0.375. The normalized spacial score (nSPS) is 17.2. The predicted octanol–water partition coefficient (Wildman–Crippen LogP) is 3.12. The van der Waals surface area contributed by atoms with Crippen molar-refractivity contribution in [2.75, 3.05) is 26.2 Å². The van der Waals surface area contributed by atoms with Gasteiger partial charge in [-0.1, -0.05) is 24.3 Å². The first-order valence-electron chi connectivity index (χ1n) is 11.0. The zero-order chi connectivity index (χ0) is 21.4. The third-order valence-corrected chi connectivity index (χ3v) is 8.48. The van der Waals surface area contributed by atoms with E-state index in [9.17, 15) is 13.2 Å². The molecule has 0 unspecified atom stereocenters. The molecule has 0 radical (unpaired) electrons. The highest BCUT2D eigenvalue weighted by Gasteiger charge is 2.30. The van der Waals surface area contributed by atoms with Crippen LogP contribution in [0.3, 0.4) is 0 Å². The van der Waals surface area contributed by atoms with E-state index < -0.39 is 10.0 Å². The zero-order valence-corrected chi connectivity index (χ0v) is 18.3. The lowest BCUT2D eigenvalue weighted by molar-refractivity contribution is -0.132. The number of nitrogens with zero attached hydrogens (tertiary/aromatic N) is 2. The second-order valence-corrected chi connectivity index (χ2v) is 10.4. The quantitative estimate of drug-likeness (QED) is 0.667.